The Labute approximate surface area is 122 Å². The van der Waals surface area contributed by atoms with Crippen LogP contribution >= 0.6 is 0 Å². The van der Waals surface area contributed by atoms with E-state index >= 15 is 0 Å². The number of aliphatic hydroxyl groups excluding tert-OH is 1. The second-order valence-electron chi connectivity index (χ2n) is 5.73. The molecular weight excluding hydrogens is 250 g/mol. The molecule has 1 rings (SSSR count). The summed E-state index contributed by atoms with van der Waals surface area (Å²) in [7, 11) is 0. The van der Waals surface area contributed by atoms with Crippen molar-refractivity contribution in [3.05, 3.63) is 35.9 Å². The van der Waals surface area contributed by atoms with Crippen LogP contribution in [-0.2, 0) is 11.2 Å². The zero-order valence-electron chi connectivity index (χ0n) is 12.8. The smallest absolute Gasteiger partial charge is 0.223 e. The SMILES string of the molecule is CCCC(C(=O)NCC(O)Cc1ccccc1)C(C)C. The van der Waals surface area contributed by atoms with E-state index < -0.39 is 6.10 Å². The van der Waals surface area contributed by atoms with E-state index in [1.165, 1.54) is 0 Å². The monoisotopic (exact) mass is 277 g/mol. The molecule has 1 aromatic rings. The van der Waals surface area contributed by atoms with Crippen molar-refractivity contribution in [2.45, 2.75) is 46.1 Å². The van der Waals surface area contributed by atoms with Crippen molar-refractivity contribution in [1.82, 2.24) is 5.32 Å². The first kappa shape index (κ1) is 16.7. The maximum atomic E-state index is 12.1. The third kappa shape index (κ3) is 5.74. The van der Waals surface area contributed by atoms with Crippen molar-refractivity contribution in [3.63, 3.8) is 0 Å². The number of hydrogen-bond donors (Lipinski definition) is 2. The molecule has 0 radical (unpaired) electrons. The molecule has 0 aliphatic carbocycles. The van der Waals surface area contributed by atoms with E-state index in [4.69, 9.17) is 0 Å². The molecule has 0 heterocycles. The highest BCUT2D eigenvalue weighted by molar-refractivity contribution is 5.78. The summed E-state index contributed by atoms with van der Waals surface area (Å²) >= 11 is 0. The highest BCUT2D eigenvalue weighted by Crippen LogP contribution is 2.17. The van der Waals surface area contributed by atoms with Crippen LogP contribution in [0.2, 0.25) is 0 Å². The van der Waals surface area contributed by atoms with Crippen LogP contribution in [0.5, 0.6) is 0 Å². The van der Waals surface area contributed by atoms with Crippen molar-refractivity contribution >= 4 is 5.91 Å². The number of aliphatic hydroxyl groups is 1. The van der Waals surface area contributed by atoms with Gasteiger partial charge in [0.1, 0.15) is 0 Å². The van der Waals surface area contributed by atoms with Gasteiger partial charge in [-0.2, -0.15) is 0 Å². The van der Waals surface area contributed by atoms with E-state index in [-0.39, 0.29) is 11.8 Å². The summed E-state index contributed by atoms with van der Waals surface area (Å²) in [5.74, 6) is 0.444. The van der Waals surface area contributed by atoms with Gasteiger partial charge < -0.3 is 10.4 Å². The second kappa shape index (κ2) is 8.75. The molecule has 2 atom stereocenters. The number of nitrogens with one attached hydrogen (secondary N) is 1. The van der Waals surface area contributed by atoms with Crippen LogP contribution in [-0.4, -0.2) is 23.7 Å². The van der Waals surface area contributed by atoms with Gasteiger partial charge in [0.15, 0.2) is 0 Å². The van der Waals surface area contributed by atoms with E-state index in [0.717, 1.165) is 18.4 Å². The number of rotatable bonds is 8. The number of benzene rings is 1. The van der Waals surface area contributed by atoms with Gasteiger partial charge in [0.05, 0.1) is 6.10 Å². The molecule has 0 aliphatic rings. The summed E-state index contributed by atoms with van der Waals surface area (Å²) in [6.07, 6.45) is 1.94. The van der Waals surface area contributed by atoms with Crippen LogP contribution < -0.4 is 5.32 Å². The highest BCUT2D eigenvalue weighted by Gasteiger charge is 2.21. The fourth-order valence-corrected chi connectivity index (χ4v) is 2.39. The molecule has 3 heteroatoms. The molecule has 0 saturated carbocycles. The van der Waals surface area contributed by atoms with E-state index in [2.05, 4.69) is 26.1 Å². The maximum Gasteiger partial charge on any atom is 0.223 e. The average Bonchev–Trinajstić information content (AvgIpc) is 2.43. The Balaban J connectivity index is 2.39. The molecule has 0 saturated heterocycles. The first-order valence-electron chi connectivity index (χ1n) is 7.54. The lowest BCUT2D eigenvalue weighted by Gasteiger charge is -2.20. The normalized spacial score (nSPS) is 14.1. The fourth-order valence-electron chi connectivity index (χ4n) is 2.39. The van der Waals surface area contributed by atoms with E-state index in [0.29, 0.717) is 18.9 Å². The summed E-state index contributed by atoms with van der Waals surface area (Å²) in [6.45, 7) is 6.55. The topological polar surface area (TPSA) is 49.3 Å². The van der Waals surface area contributed by atoms with Gasteiger partial charge in [0.2, 0.25) is 5.91 Å². The lowest BCUT2D eigenvalue weighted by Crippen LogP contribution is -2.38. The molecule has 2 unspecified atom stereocenters. The summed E-state index contributed by atoms with van der Waals surface area (Å²) in [6, 6.07) is 9.83. The molecule has 20 heavy (non-hydrogen) atoms. The van der Waals surface area contributed by atoms with Crippen LogP contribution in [0, 0.1) is 11.8 Å². The molecule has 0 bridgehead atoms. The largest absolute Gasteiger partial charge is 0.391 e. The standard InChI is InChI=1S/C17H27NO2/c1-4-8-16(13(2)3)17(20)18-12-15(19)11-14-9-6-5-7-10-14/h5-7,9-10,13,15-16,19H,4,8,11-12H2,1-3H3,(H,18,20). The zero-order valence-corrected chi connectivity index (χ0v) is 12.8. The van der Waals surface area contributed by atoms with Gasteiger partial charge in [-0.3, -0.25) is 4.79 Å². The fraction of sp³-hybridized carbons (Fsp3) is 0.588. The van der Waals surface area contributed by atoms with Gasteiger partial charge in [-0.05, 0) is 17.9 Å². The van der Waals surface area contributed by atoms with Crippen LogP contribution in [0.15, 0.2) is 30.3 Å². The summed E-state index contributed by atoms with van der Waals surface area (Å²) in [4.78, 5) is 12.1. The van der Waals surface area contributed by atoms with Gasteiger partial charge in [0.25, 0.3) is 0 Å². The van der Waals surface area contributed by atoms with Gasteiger partial charge in [0, 0.05) is 18.9 Å². The van der Waals surface area contributed by atoms with Crippen molar-refractivity contribution in [2.75, 3.05) is 6.54 Å². The Morgan fingerprint density at radius 3 is 2.45 bits per heavy atom. The van der Waals surface area contributed by atoms with Crippen molar-refractivity contribution in [2.24, 2.45) is 11.8 Å². The molecule has 2 N–H and O–H groups in total. The second-order valence-corrected chi connectivity index (χ2v) is 5.73. The third-order valence-corrected chi connectivity index (χ3v) is 3.57. The molecule has 112 valence electrons. The van der Waals surface area contributed by atoms with E-state index in [9.17, 15) is 9.90 Å². The number of carbonyl (C=O) groups excluding carboxylic acids is 1. The lowest BCUT2D eigenvalue weighted by atomic mass is 9.90. The number of hydrogen-bond acceptors (Lipinski definition) is 2. The molecular formula is C17H27NO2. The minimum atomic E-state index is -0.532. The minimum Gasteiger partial charge on any atom is -0.391 e. The molecule has 3 nitrogen and oxygen atoms in total. The van der Waals surface area contributed by atoms with Crippen LogP contribution in [0.1, 0.15) is 39.2 Å². The third-order valence-electron chi connectivity index (χ3n) is 3.57. The zero-order chi connectivity index (χ0) is 15.0. The highest BCUT2D eigenvalue weighted by atomic mass is 16.3. The summed E-state index contributed by atoms with van der Waals surface area (Å²) < 4.78 is 0. The molecule has 0 fully saturated rings. The summed E-state index contributed by atoms with van der Waals surface area (Å²) in [5.41, 5.74) is 1.09. The Kier molecular flexibility index (Phi) is 7.31. The predicted octanol–water partition coefficient (Wildman–Crippen LogP) is 2.78. The quantitative estimate of drug-likeness (QED) is 0.767. The summed E-state index contributed by atoms with van der Waals surface area (Å²) in [5, 5.41) is 12.9. The lowest BCUT2D eigenvalue weighted by molar-refractivity contribution is -0.127. The molecule has 0 aliphatic heterocycles. The van der Waals surface area contributed by atoms with Crippen LogP contribution in [0.3, 0.4) is 0 Å². The Bertz CT molecular complexity index is 389. The predicted molar refractivity (Wildman–Crippen MR) is 82.4 cm³/mol. The van der Waals surface area contributed by atoms with Crippen molar-refractivity contribution in [1.29, 1.82) is 0 Å². The van der Waals surface area contributed by atoms with Gasteiger partial charge in [-0.25, -0.2) is 0 Å². The van der Waals surface area contributed by atoms with Gasteiger partial charge in [-0.15, -0.1) is 0 Å². The van der Waals surface area contributed by atoms with E-state index in [1.54, 1.807) is 0 Å². The van der Waals surface area contributed by atoms with Crippen molar-refractivity contribution < 1.29 is 9.90 Å². The molecule has 0 aromatic heterocycles. The average molecular weight is 277 g/mol. The first-order valence-corrected chi connectivity index (χ1v) is 7.54. The molecule has 1 amide bonds. The molecule has 0 spiro atoms. The number of amides is 1. The minimum absolute atomic E-state index is 0.0453. The maximum absolute atomic E-state index is 12.1. The molecule has 1 aromatic carbocycles. The van der Waals surface area contributed by atoms with Gasteiger partial charge >= 0.3 is 0 Å². The van der Waals surface area contributed by atoms with Crippen LogP contribution in [0.4, 0.5) is 0 Å². The Morgan fingerprint density at radius 1 is 1.25 bits per heavy atom. The first-order chi connectivity index (χ1) is 9.54. The Hall–Kier alpha value is -1.35. The van der Waals surface area contributed by atoms with E-state index in [1.807, 2.05) is 30.3 Å². The Morgan fingerprint density at radius 2 is 1.90 bits per heavy atom. The number of carbonyl (C=O) groups is 1. The van der Waals surface area contributed by atoms with Gasteiger partial charge in [-0.1, -0.05) is 57.5 Å². The van der Waals surface area contributed by atoms with Crippen LogP contribution in [0.25, 0.3) is 0 Å². The van der Waals surface area contributed by atoms with Crippen molar-refractivity contribution in [3.8, 4) is 0 Å².